The van der Waals surface area contributed by atoms with Gasteiger partial charge in [0.15, 0.2) is 0 Å². The van der Waals surface area contributed by atoms with Crippen LogP contribution in [0, 0.1) is 0 Å². The summed E-state index contributed by atoms with van der Waals surface area (Å²) >= 11 is 0. The first kappa shape index (κ1) is 14.7. The summed E-state index contributed by atoms with van der Waals surface area (Å²) in [4.78, 5) is 18.3. The molecule has 1 fully saturated rings. The Labute approximate surface area is 121 Å². The SMILES string of the molecule is CN(C)c1cccc(NC(=O)N2CCC(N(C)C)C2)c1. The molecular weight excluding hydrogens is 252 g/mol. The highest BCUT2D eigenvalue weighted by atomic mass is 16.2. The van der Waals surface area contributed by atoms with E-state index in [0.717, 1.165) is 30.9 Å². The molecule has 5 nitrogen and oxygen atoms in total. The number of likely N-dealkylation sites (tertiary alicyclic amines) is 1. The molecule has 2 amide bonds. The molecule has 1 heterocycles. The van der Waals surface area contributed by atoms with Crippen molar-refractivity contribution >= 4 is 17.4 Å². The molecule has 1 aromatic carbocycles. The van der Waals surface area contributed by atoms with Gasteiger partial charge in [0.25, 0.3) is 0 Å². The van der Waals surface area contributed by atoms with Crippen LogP contribution in [0.1, 0.15) is 6.42 Å². The van der Waals surface area contributed by atoms with Gasteiger partial charge in [-0.3, -0.25) is 0 Å². The van der Waals surface area contributed by atoms with Gasteiger partial charge in [0.2, 0.25) is 0 Å². The molecular formula is C15H24N4O. The van der Waals surface area contributed by atoms with E-state index in [2.05, 4.69) is 24.3 Å². The van der Waals surface area contributed by atoms with Crippen molar-refractivity contribution in [3.8, 4) is 0 Å². The molecule has 1 aliphatic rings. The first-order valence-corrected chi connectivity index (χ1v) is 6.97. The van der Waals surface area contributed by atoms with Crippen molar-refractivity contribution in [1.82, 2.24) is 9.80 Å². The normalized spacial score (nSPS) is 18.4. The van der Waals surface area contributed by atoms with Crippen LogP contribution in [0.4, 0.5) is 16.2 Å². The Morgan fingerprint density at radius 2 is 2.05 bits per heavy atom. The number of carbonyl (C=O) groups excluding carboxylic acids is 1. The van der Waals surface area contributed by atoms with Gasteiger partial charge in [-0.05, 0) is 38.7 Å². The van der Waals surface area contributed by atoms with Crippen molar-refractivity contribution < 1.29 is 4.79 Å². The number of anilines is 2. The molecule has 0 aliphatic carbocycles. The highest BCUT2D eigenvalue weighted by Gasteiger charge is 2.27. The molecule has 1 unspecified atom stereocenters. The van der Waals surface area contributed by atoms with Gasteiger partial charge in [0, 0.05) is 44.6 Å². The number of amides is 2. The second-order valence-electron chi connectivity index (χ2n) is 5.73. The number of benzene rings is 1. The van der Waals surface area contributed by atoms with E-state index in [1.54, 1.807) is 0 Å². The predicted molar refractivity (Wildman–Crippen MR) is 83.5 cm³/mol. The summed E-state index contributed by atoms with van der Waals surface area (Å²) < 4.78 is 0. The number of hydrogen-bond donors (Lipinski definition) is 1. The fraction of sp³-hybridized carbons (Fsp3) is 0.533. The van der Waals surface area contributed by atoms with Gasteiger partial charge < -0.3 is 20.0 Å². The average Bonchev–Trinajstić information content (AvgIpc) is 2.88. The van der Waals surface area contributed by atoms with Gasteiger partial charge in [-0.1, -0.05) is 6.07 Å². The number of hydrogen-bond acceptors (Lipinski definition) is 3. The summed E-state index contributed by atoms with van der Waals surface area (Å²) in [5.41, 5.74) is 1.92. The van der Waals surface area contributed by atoms with E-state index in [1.807, 2.05) is 48.2 Å². The quantitative estimate of drug-likeness (QED) is 0.916. The van der Waals surface area contributed by atoms with E-state index in [-0.39, 0.29) is 6.03 Å². The van der Waals surface area contributed by atoms with Gasteiger partial charge in [0.1, 0.15) is 0 Å². The number of likely N-dealkylation sites (N-methyl/N-ethyl adjacent to an activating group) is 1. The van der Waals surface area contributed by atoms with Crippen molar-refractivity contribution in [3.05, 3.63) is 24.3 Å². The molecule has 1 N–H and O–H groups in total. The molecule has 0 spiro atoms. The molecule has 20 heavy (non-hydrogen) atoms. The summed E-state index contributed by atoms with van der Waals surface area (Å²) in [5.74, 6) is 0. The largest absolute Gasteiger partial charge is 0.378 e. The van der Waals surface area contributed by atoms with E-state index < -0.39 is 0 Å². The van der Waals surface area contributed by atoms with Gasteiger partial charge in [-0.25, -0.2) is 4.79 Å². The van der Waals surface area contributed by atoms with Crippen molar-refractivity contribution in [1.29, 1.82) is 0 Å². The number of rotatable bonds is 3. The van der Waals surface area contributed by atoms with Crippen molar-refractivity contribution in [2.45, 2.75) is 12.5 Å². The van der Waals surface area contributed by atoms with Crippen LogP contribution >= 0.6 is 0 Å². The zero-order valence-electron chi connectivity index (χ0n) is 12.8. The Bertz CT molecular complexity index is 473. The Kier molecular flexibility index (Phi) is 4.49. The summed E-state index contributed by atoms with van der Waals surface area (Å²) in [5, 5.41) is 2.98. The molecule has 2 rings (SSSR count). The predicted octanol–water partition coefficient (Wildman–Crippen LogP) is 1.92. The maximum atomic E-state index is 12.2. The monoisotopic (exact) mass is 276 g/mol. The number of urea groups is 1. The summed E-state index contributed by atoms with van der Waals surface area (Å²) in [6, 6.07) is 8.34. The van der Waals surface area contributed by atoms with Crippen LogP contribution in [-0.4, -0.2) is 63.2 Å². The fourth-order valence-corrected chi connectivity index (χ4v) is 2.41. The van der Waals surface area contributed by atoms with Crippen molar-refractivity contribution in [2.24, 2.45) is 0 Å². The van der Waals surface area contributed by atoms with Crippen LogP contribution in [0.15, 0.2) is 24.3 Å². The van der Waals surface area contributed by atoms with E-state index in [4.69, 9.17) is 0 Å². The Balaban J connectivity index is 1.97. The van der Waals surface area contributed by atoms with Crippen LogP contribution in [0.3, 0.4) is 0 Å². The average molecular weight is 276 g/mol. The minimum atomic E-state index is -0.00902. The third-order valence-electron chi connectivity index (χ3n) is 3.79. The molecule has 0 bridgehead atoms. The van der Waals surface area contributed by atoms with Crippen LogP contribution in [0.2, 0.25) is 0 Å². The Hall–Kier alpha value is -1.75. The Morgan fingerprint density at radius 1 is 1.30 bits per heavy atom. The van der Waals surface area contributed by atoms with Crippen molar-refractivity contribution in [3.63, 3.8) is 0 Å². The van der Waals surface area contributed by atoms with Gasteiger partial charge in [-0.2, -0.15) is 0 Å². The number of nitrogens with zero attached hydrogens (tertiary/aromatic N) is 3. The fourth-order valence-electron chi connectivity index (χ4n) is 2.41. The highest BCUT2D eigenvalue weighted by Crippen LogP contribution is 2.19. The number of nitrogens with one attached hydrogen (secondary N) is 1. The molecule has 1 saturated heterocycles. The first-order valence-electron chi connectivity index (χ1n) is 6.97. The summed E-state index contributed by atoms with van der Waals surface area (Å²) in [6.07, 6.45) is 1.04. The van der Waals surface area contributed by atoms with E-state index >= 15 is 0 Å². The third kappa shape index (κ3) is 3.42. The van der Waals surface area contributed by atoms with Crippen molar-refractivity contribution in [2.75, 3.05) is 51.5 Å². The molecule has 0 aromatic heterocycles. The maximum absolute atomic E-state index is 12.2. The summed E-state index contributed by atoms with van der Waals surface area (Å²) in [6.45, 7) is 1.62. The first-order chi connectivity index (χ1) is 9.47. The lowest BCUT2D eigenvalue weighted by Crippen LogP contribution is -2.36. The van der Waals surface area contributed by atoms with Gasteiger partial charge in [0.05, 0.1) is 0 Å². The van der Waals surface area contributed by atoms with E-state index in [0.29, 0.717) is 6.04 Å². The van der Waals surface area contributed by atoms with Gasteiger partial charge in [-0.15, -0.1) is 0 Å². The topological polar surface area (TPSA) is 38.8 Å². The van der Waals surface area contributed by atoms with Crippen LogP contribution in [0.5, 0.6) is 0 Å². The van der Waals surface area contributed by atoms with E-state index in [1.165, 1.54) is 0 Å². The highest BCUT2D eigenvalue weighted by molar-refractivity contribution is 5.90. The summed E-state index contributed by atoms with van der Waals surface area (Å²) in [7, 11) is 8.10. The molecule has 0 radical (unpaired) electrons. The Morgan fingerprint density at radius 3 is 2.65 bits per heavy atom. The maximum Gasteiger partial charge on any atom is 0.321 e. The molecule has 0 saturated carbocycles. The van der Waals surface area contributed by atoms with Crippen LogP contribution in [0.25, 0.3) is 0 Å². The van der Waals surface area contributed by atoms with Crippen LogP contribution in [-0.2, 0) is 0 Å². The minimum absolute atomic E-state index is 0.00902. The second-order valence-corrected chi connectivity index (χ2v) is 5.73. The standard InChI is InChI=1S/C15H24N4O/c1-17(2)13-7-5-6-12(10-13)16-15(20)19-9-8-14(11-19)18(3)4/h5-7,10,14H,8-9,11H2,1-4H3,(H,16,20). The third-order valence-corrected chi connectivity index (χ3v) is 3.79. The lowest BCUT2D eigenvalue weighted by Gasteiger charge is -2.21. The zero-order valence-corrected chi connectivity index (χ0v) is 12.8. The molecule has 1 atom stereocenters. The van der Waals surface area contributed by atoms with Crippen LogP contribution < -0.4 is 10.2 Å². The molecule has 5 heteroatoms. The van der Waals surface area contributed by atoms with E-state index in [9.17, 15) is 4.79 Å². The lowest BCUT2D eigenvalue weighted by molar-refractivity contribution is 0.216. The smallest absolute Gasteiger partial charge is 0.321 e. The minimum Gasteiger partial charge on any atom is -0.378 e. The zero-order chi connectivity index (χ0) is 14.7. The molecule has 1 aromatic rings. The second kappa shape index (κ2) is 6.13. The molecule has 1 aliphatic heterocycles. The number of carbonyl (C=O) groups is 1. The lowest BCUT2D eigenvalue weighted by atomic mass is 10.2. The van der Waals surface area contributed by atoms with Gasteiger partial charge >= 0.3 is 6.03 Å². The molecule has 110 valence electrons.